The van der Waals surface area contributed by atoms with Crippen molar-refractivity contribution in [3.05, 3.63) is 36.5 Å². The van der Waals surface area contributed by atoms with Gasteiger partial charge < -0.3 is 4.98 Å². The number of H-pyrrole nitrogens is 1. The van der Waals surface area contributed by atoms with E-state index in [1.165, 1.54) is 10.9 Å². The van der Waals surface area contributed by atoms with Crippen molar-refractivity contribution in [2.45, 2.75) is 27.7 Å². The van der Waals surface area contributed by atoms with Crippen molar-refractivity contribution in [2.24, 2.45) is 11.8 Å². The minimum Gasteiger partial charge on any atom is -0.361 e. The topological polar surface area (TPSA) is 15.8 Å². The SMILES string of the molecule is CC(C)C(C)C.c1ccc2[nH]ccc2c1. The zero-order chi connectivity index (χ0) is 11.3. The minimum absolute atomic E-state index is 0.852. The predicted octanol–water partition coefficient (Wildman–Crippen LogP) is 4.47. The molecule has 2 rings (SSSR count). The van der Waals surface area contributed by atoms with Gasteiger partial charge in [0.05, 0.1) is 0 Å². The molecular weight excluding hydrogens is 182 g/mol. The van der Waals surface area contributed by atoms with Crippen molar-refractivity contribution in [3.63, 3.8) is 0 Å². The van der Waals surface area contributed by atoms with Gasteiger partial charge in [0.2, 0.25) is 0 Å². The van der Waals surface area contributed by atoms with Crippen molar-refractivity contribution in [2.75, 3.05) is 0 Å². The summed E-state index contributed by atoms with van der Waals surface area (Å²) in [4.78, 5) is 3.12. The van der Waals surface area contributed by atoms with Gasteiger partial charge in [0.1, 0.15) is 0 Å². The number of para-hydroxylation sites is 1. The molecule has 0 unspecified atom stereocenters. The van der Waals surface area contributed by atoms with Crippen LogP contribution in [0.5, 0.6) is 0 Å². The average Bonchev–Trinajstić information content (AvgIpc) is 2.66. The molecule has 0 fully saturated rings. The van der Waals surface area contributed by atoms with E-state index in [-0.39, 0.29) is 0 Å². The number of fused-ring (bicyclic) bond motifs is 1. The number of benzene rings is 1. The zero-order valence-electron chi connectivity index (χ0n) is 10.1. The number of rotatable bonds is 1. The van der Waals surface area contributed by atoms with Gasteiger partial charge in [0, 0.05) is 11.7 Å². The third-order valence-electron chi connectivity index (χ3n) is 2.80. The van der Waals surface area contributed by atoms with Gasteiger partial charge in [-0.1, -0.05) is 45.9 Å². The van der Waals surface area contributed by atoms with Crippen molar-refractivity contribution in [3.8, 4) is 0 Å². The van der Waals surface area contributed by atoms with Crippen LogP contribution in [-0.4, -0.2) is 4.98 Å². The third kappa shape index (κ3) is 3.78. The Labute approximate surface area is 92.5 Å². The molecule has 1 heterocycles. The molecule has 82 valence electrons. The second-order valence-electron chi connectivity index (χ2n) is 4.55. The molecule has 0 amide bonds. The summed E-state index contributed by atoms with van der Waals surface area (Å²) in [6, 6.07) is 10.3. The van der Waals surface area contributed by atoms with Gasteiger partial charge in [-0.25, -0.2) is 0 Å². The van der Waals surface area contributed by atoms with Crippen LogP contribution < -0.4 is 0 Å². The number of aromatic nitrogens is 1. The summed E-state index contributed by atoms with van der Waals surface area (Å²) in [7, 11) is 0. The van der Waals surface area contributed by atoms with E-state index in [0.29, 0.717) is 0 Å². The first kappa shape index (κ1) is 11.8. The smallest absolute Gasteiger partial charge is 0.0453 e. The Kier molecular flexibility index (Phi) is 4.41. The summed E-state index contributed by atoms with van der Waals surface area (Å²) < 4.78 is 0. The quantitative estimate of drug-likeness (QED) is 0.704. The molecule has 0 aliphatic heterocycles. The average molecular weight is 203 g/mol. The standard InChI is InChI=1S/C8H7N.C6H14/c1-2-4-8-7(3-1)5-6-9-8;1-5(2)6(3)4/h1-6,9H;5-6H,1-4H3. The van der Waals surface area contributed by atoms with Gasteiger partial charge in [-0.2, -0.15) is 0 Å². The van der Waals surface area contributed by atoms with E-state index in [1.807, 2.05) is 18.3 Å². The molecule has 0 saturated carbocycles. The summed E-state index contributed by atoms with van der Waals surface area (Å²) in [5.74, 6) is 1.70. The van der Waals surface area contributed by atoms with Crippen LogP contribution in [0.2, 0.25) is 0 Å². The van der Waals surface area contributed by atoms with Crippen LogP contribution in [0.3, 0.4) is 0 Å². The molecule has 0 atom stereocenters. The molecule has 1 N–H and O–H groups in total. The highest BCUT2D eigenvalue weighted by atomic mass is 14.6. The van der Waals surface area contributed by atoms with Crippen molar-refractivity contribution < 1.29 is 0 Å². The maximum atomic E-state index is 3.12. The predicted molar refractivity (Wildman–Crippen MR) is 68.0 cm³/mol. The Hall–Kier alpha value is -1.24. The Morgan fingerprint density at radius 3 is 2.00 bits per heavy atom. The van der Waals surface area contributed by atoms with Crippen LogP contribution in [0.1, 0.15) is 27.7 Å². The molecule has 0 aliphatic rings. The van der Waals surface area contributed by atoms with Crippen molar-refractivity contribution in [1.82, 2.24) is 4.98 Å². The van der Waals surface area contributed by atoms with Gasteiger partial charge in [-0.15, -0.1) is 0 Å². The number of nitrogens with one attached hydrogen (secondary N) is 1. The molecule has 1 nitrogen and oxygen atoms in total. The van der Waals surface area contributed by atoms with E-state index in [1.54, 1.807) is 0 Å². The summed E-state index contributed by atoms with van der Waals surface area (Å²) in [6.45, 7) is 8.96. The van der Waals surface area contributed by atoms with E-state index in [2.05, 4.69) is 50.9 Å². The Balaban J connectivity index is 0.000000167. The van der Waals surface area contributed by atoms with E-state index >= 15 is 0 Å². The van der Waals surface area contributed by atoms with Crippen molar-refractivity contribution in [1.29, 1.82) is 0 Å². The van der Waals surface area contributed by atoms with Gasteiger partial charge in [0.25, 0.3) is 0 Å². The number of aromatic amines is 1. The van der Waals surface area contributed by atoms with E-state index in [9.17, 15) is 0 Å². The molecule has 1 aromatic heterocycles. The molecule has 0 radical (unpaired) electrons. The Bertz CT molecular complexity index is 349. The highest BCUT2D eigenvalue weighted by Crippen LogP contribution is 2.09. The first-order valence-corrected chi connectivity index (χ1v) is 5.63. The van der Waals surface area contributed by atoms with E-state index in [0.717, 1.165) is 11.8 Å². The fourth-order valence-electron chi connectivity index (χ4n) is 0.995. The highest BCUT2D eigenvalue weighted by Gasteiger charge is 1.95. The first-order valence-electron chi connectivity index (χ1n) is 5.63. The molecule has 0 bridgehead atoms. The second-order valence-corrected chi connectivity index (χ2v) is 4.55. The Morgan fingerprint density at radius 1 is 0.867 bits per heavy atom. The molecule has 1 aromatic carbocycles. The highest BCUT2D eigenvalue weighted by molar-refractivity contribution is 5.78. The third-order valence-corrected chi connectivity index (χ3v) is 2.80. The lowest BCUT2D eigenvalue weighted by Gasteiger charge is -2.05. The van der Waals surface area contributed by atoms with Gasteiger partial charge in [0.15, 0.2) is 0 Å². The van der Waals surface area contributed by atoms with Crippen LogP contribution in [0.15, 0.2) is 36.5 Å². The van der Waals surface area contributed by atoms with Gasteiger partial charge in [-0.3, -0.25) is 0 Å². The monoisotopic (exact) mass is 203 g/mol. The summed E-state index contributed by atoms with van der Waals surface area (Å²) in [5.41, 5.74) is 1.21. The van der Waals surface area contributed by atoms with Crippen LogP contribution in [0, 0.1) is 11.8 Å². The lowest BCUT2D eigenvalue weighted by Crippen LogP contribution is -1.95. The van der Waals surface area contributed by atoms with Crippen LogP contribution in [0.25, 0.3) is 10.9 Å². The first-order chi connectivity index (χ1) is 7.11. The molecule has 0 aliphatic carbocycles. The largest absolute Gasteiger partial charge is 0.361 e. The minimum atomic E-state index is 0.852. The van der Waals surface area contributed by atoms with Crippen LogP contribution >= 0.6 is 0 Å². The molecule has 15 heavy (non-hydrogen) atoms. The van der Waals surface area contributed by atoms with E-state index in [4.69, 9.17) is 0 Å². The van der Waals surface area contributed by atoms with Crippen LogP contribution in [0.4, 0.5) is 0 Å². The number of hydrogen-bond acceptors (Lipinski definition) is 0. The molecule has 0 spiro atoms. The molecule has 1 heteroatoms. The zero-order valence-corrected chi connectivity index (χ0v) is 10.1. The normalized spacial score (nSPS) is 10.5. The van der Waals surface area contributed by atoms with Crippen LogP contribution in [-0.2, 0) is 0 Å². The maximum Gasteiger partial charge on any atom is 0.0453 e. The lowest BCUT2D eigenvalue weighted by atomic mass is 10.0. The van der Waals surface area contributed by atoms with Crippen molar-refractivity contribution >= 4 is 10.9 Å². The molecular formula is C14H21N. The fraction of sp³-hybridized carbons (Fsp3) is 0.429. The summed E-state index contributed by atoms with van der Waals surface area (Å²) in [6.07, 6.45) is 1.95. The molecule has 2 aromatic rings. The summed E-state index contributed by atoms with van der Waals surface area (Å²) >= 11 is 0. The second kappa shape index (κ2) is 5.59. The Morgan fingerprint density at radius 2 is 1.47 bits per heavy atom. The summed E-state index contributed by atoms with van der Waals surface area (Å²) in [5, 5.41) is 1.28. The number of hydrogen-bond donors (Lipinski definition) is 1. The maximum absolute atomic E-state index is 3.12. The van der Waals surface area contributed by atoms with E-state index < -0.39 is 0 Å². The molecule has 0 saturated heterocycles. The van der Waals surface area contributed by atoms with Gasteiger partial charge in [-0.05, 0) is 29.4 Å². The van der Waals surface area contributed by atoms with Gasteiger partial charge >= 0.3 is 0 Å². The lowest BCUT2D eigenvalue weighted by molar-refractivity contribution is 0.457. The fourth-order valence-corrected chi connectivity index (χ4v) is 0.995.